The highest BCUT2D eigenvalue weighted by Crippen LogP contribution is 2.17. The number of hydrogen-bond donors (Lipinski definition) is 3. The molecule has 0 atom stereocenters. The highest BCUT2D eigenvalue weighted by atomic mass is 35.5. The smallest absolute Gasteiger partial charge is 0.186 e. The lowest BCUT2D eigenvalue weighted by Gasteiger charge is -2.06. The van der Waals surface area contributed by atoms with Gasteiger partial charge < -0.3 is 10.3 Å². The van der Waals surface area contributed by atoms with E-state index in [2.05, 4.69) is 33.0 Å². The van der Waals surface area contributed by atoms with Gasteiger partial charge in [0.25, 0.3) is 0 Å². The molecule has 0 bridgehead atoms. The Morgan fingerprint density at radius 2 is 1.96 bits per heavy atom. The second-order valence-corrected chi connectivity index (χ2v) is 6.13. The number of rotatable bonds is 5. The number of benzene rings is 2. The minimum atomic E-state index is 0.500. The molecule has 24 heavy (non-hydrogen) atoms. The van der Waals surface area contributed by atoms with Crippen molar-refractivity contribution in [1.29, 1.82) is 0 Å². The second-order valence-electron chi connectivity index (χ2n) is 5.29. The molecule has 122 valence electrons. The minimum Gasteiger partial charge on any atom is -0.361 e. The molecule has 0 radical (unpaired) electrons. The average Bonchev–Trinajstić information content (AvgIpc) is 3.00. The predicted molar refractivity (Wildman–Crippen MR) is 105 cm³/mol. The first kappa shape index (κ1) is 16.5. The summed E-state index contributed by atoms with van der Waals surface area (Å²) in [5, 5.41) is 9.71. The minimum absolute atomic E-state index is 0.500. The molecule has 0 aliphatic rings. The SMILES string of the molecule is S=C(NCCc1c[nH]c2ccccc12)N/N=C/c1ccc(Cl)cc1. The summed E-state index contributed by atoms with van der Waals surface area (Å²) in [5.41, 5.74) is 6.19. The molecule has 0 fully saturated rings. The Balaban J connectivity index is 1.45. The summed E-state index contributed by atoms with van der Waals surface area (Å²) in [7, 11) is 0. The van der Waals surface area contributed by atoms with E-state index in [9.17, 15) is 0 Å². The van der Waals surface area contributed by atoms with Crippen molar-refractivity contribution < 1.29 is 0 Å². The highest BCUT2D eigenvalue weighted by Gasteiger charge is 2.02. The van der Waals surface area contributed by atoms with Crippen LogP contribution in [0.5, 0.6) is 0 Å². The Hall–Kier alpha value is -2.37. The van der Waals surface area contributed by atoms with E-state index in [1.54, 1.807) is 6.21 Å². The summed E-state index contributed by atoms with van der Waals surface area (Å²) in [4.78, 5) is 3.27. The van der Waals surface area contributed by atoms with Gasteiger partial charge >= 0.3 is 0 Å². The van der Waals surface area contributed by atoms with Crippen LogP contribution in [0.15, 0.2) is 59.8 Å². The zero-order chi connectivity index (χ0) is 16.8. The van der Waals surface area contributed by atoms with E-state index in [1.807, 2.05) is 42.6 Å². The Morgan fingerprint density at radius 3 is 2.79 bits per heavy atom. The van der Waals surface area contributed by atoms with Gasteiger partial charge in [-0.25, -0.2) is 0 Å². The summed E-state index contributed by atoms with van der Waals surface area (Å²) in [6.07, 6.45) is 4.62. The third-order valence-electron chi connectivity index (χ3n) is 3.60. The zero-order valence-electron chi connectivity index (χ0n) is 12.9. The van der Waals surface area contributed by atoms with Crippen molar-refractivity contribution in [2.75, 3.05) is 6.54 Å². The molecule has 3 rings (SSSR count). The number of fused-ring (bicyclic) bond motifs is 1. The van der Waals surface area contributed by atoms with Crippen molar-refractivity contribution in [2.45, 2.75) is 6.42 Å². The quantitative estimate of drug-likeness (QED) is 0.369. The van der Waals surface area contributed by atoms with Crippen LogP contribution in [0, 0.1) is 0 Å². The lowest BCUT2D eigenvalue weighted by Crippen LogP contribution is -2.33. The largest absolute Gasteiger partial charge is 0.361 e. The zero-order valence-corrected chi connectivity index (χ0v) is 14.5. The molecule has 0 saturated carbocycles. The lowest BCUT2D eigenvalue weighted by atomic mass is 10.1. The van der Waals surface area contributed by atoms with E-state index >= 15 is 0 Å². The molecule has 1 heterocycles. The van der Waals surface area contributed by atoms with Gasteiger partial charge in [0.05, 0.1) is 6.21 Å². The number of H-pyrrole nitrogens is 1. The number of halogens is 1. The molecule has 6 heteroatoms. The summed E-state index contributed by atoms with van der Waals surface area (Å²) in [6.45, 7) is 0.740. The topological polar surface area (TPSA) is 52.2 Å². The number of para-hydroxylation sites is 1. The van der Waals surface area contributed by atoms with Crippen LogP contribution in [-0.2, 0) is 6.42 Å². The number of aromatic amines is 1. The van der Waals surface area contributed by atoms with Gasteiger partial charge in [0.15, 0.2) is 5.11 Å². The monoisotopic (exact) mass is 356 g/mol. The molecule has 0 unspecified atom stereocenters. The first-order chi connectivity index (χ1) is 11.7. The summed E-state index contributed by atoms with van der Waals surface area (Å²) in [6, 6.07) is 15.7. The Bertz CT molecular complexity index is 855. The average molecular weight is 357 g/mol. The highest BCUT2D eigenvalue weighted by molar-refractivity contribution is 7.80. The van der Waals surface area contributed by atoms with Crippen LogP contribution < -0.4 is 10.7 Å². The predicted octanol–water partition coefficient (Wildman–Crippen LogP) is 3.86. The van der Waals surface area contributed by atoms with Crippen molar-refractivity contribution in [3.63, 3.8) is 0 Å². The molecule has 0 amide bonds. The number of hydrogen-bond acceptors (Lipinski definition) is 2. The van der Waals surface area contributed by atoms with E-state index in [0.717, 1.165) is 24.0 Å². The molecule has 4 nitrogen and oxygen atoms in total. The molecule has 0 saturated heterocycles. The standard InChI is InChI=1S/C18H17ClN4S/c19-15-7-5-13(6-8-15)11-22-23-18(24)20-10-9-14-12-21-17-4-2-1-3-16(14)17/h1-8,11-12,21H,9-10H2,(H2,20,23,24)/b22-11+. The van der Waals surface area contributed by atoms with E-state index < -0.39 is 0 Å². The molecule has 0 aliphatic heterocycles. The van der Waals surface area contributed by atoms with Crippen LogP contribution in [0.4, 0.5) is 0 Å². The van der Waals surface area contributed by atoms with E-state index in [1.165, 1.54) is 10.9 Å². The van der Waals surface area contributed by atoms with Crippen LogP contribution in [0.25, 0.3) is 10.9 Å². The molecule has 3 N–H and O–H groups in total. The number of hydrazone groups is 1. The van der Waals surface area contributed by atoms with Crippen LogP contribution in [0.3, 0.4) is 0 Å². The molecular formula is C18H17ClN4S. The number of nitrogens with zero attached hydrogens (tertiary/aromatic N) is 1. The van der Waals surface area contributed by atoms with Gasteiger partial charge in [-0.1, -0.05) is 41.9 Å². The molecule has 3 aromatic rings. The fourth-order valence-electron chi connectivity index (χ4n) is 2.40. The van der Waals surface area contributed by atoms with Crippen molar-refractivity contribution >= 4 is 46.0 Å². The number of nitrogens with one attached hydrogen (secondary N) is 3. The molecule has 0 aliphatic carbocycles. The van der Waals surface area contributed by atoms with Crippen LogP contribution in [0.2, 0.25) is 5.02 Å². The Morgan fingerprint density at radius 1 is 1.17 bits per heavy atom. The van der Waals surface area contributed by atoms with Gasteiger partial charge in [-0.3, -0.25) is 5.43 Å². The maximum absolute atomic E-state index is 5.84. The maximum atomic E-state index is 5.84. The first-order valence-electron chi connectivity index (χ1n) is 7.60. The summed E-state index contributed by atoms with van der Waals surface area (Å²) in [5.74, 6) is 0. The van der Waals surface area contributed by atoms with Crippen molar-refractivity contribution in [3.8, 4) is 0 Å². The summed E-state index contributed by atoms with van der Waals surface area (Å²) >= 11 is 11.1. The van der Waals surface area contributed by atoms with Crippen molar-refractivity contribution in [3.05, 3.63) is 70.9 Å². The fraction of sp³-hybridized carbons (Fsp3) is 0.111. The van der Waals surface area contributed by atoms with Crippen molar-refractivity contribution in [2.24, 2.45) is 5.10 Å². The van der Waals surface area contributed by atoms with E-state index in [-0.39, 0.29) is 0 Å². The third-order valence-corrected chi connectivity index (χ3v) is 4.09. The lowest BCUT2D eigenvalue weighted by molar-refractivity contribution is 0.841. The van der Waals surface area contributed by atoms with Gasteiger partial charge in [0, 0.05) is 28.7 Å². The molecular weight excluding hydrogens is 340 g/mol. The number of thiocarbonyl (C=S) groups is 1. The van der Waals surface area contributed by atoms with Crippen LogP contribution >= 0.6 is 23.8 Å². The molecule has 1 aromatic heterocycles. The molecule has 0 spiro atoms. The third kappa shape index (κ3) is 4.34. The van der Waals surface area contributed by atoms with Gasteiger partial charge in [-0.05, 0) is 48.0 Å². The van der Waals surface area contributed by atoms with E-state index in [0.29, 0.717) is 10.1 Å². The number of aromatic nitrogens is 1. The first-order valence-corrected chi connectivity index (χ1v) is 8.38. The molecule has 2 aromatic carbocycles. The van der Waals surface area contributed by atoms with Gasteiger partial charge in [0.1, 0.15) is 0 Å². The normalized spacial score (nSPS) is 11.0. The second kappa shape index (κ2) is 7.95. The Kier molecular flexibility index (Phi) is 5.46. The van der Waals surface area contributed by atoms with Crippen LogP contribution in [-0.4, -0.2) is 22.9 Å². The van der Waals surface area contributed by atoms with Crippen LogP contribution in [0.1, 0.15) is 11.1 Å². The van der Waals surface area contributed by atoms with E-state index in [4.69, 9.17) is 23.8 Å². The maximum Gasteiger partial charge on any atom is 0.186 e. The van der Waals surface area contributed by atoms with Gasteiger partial charge in [-0.2, -0.15) is 5.10 Å². The fourth-order valence-corrected chi connectivity index (χ4v) is 2.68. The van der Waals surface area contributed by atoms with Gasteiger partial charge in [0.2, 0.25) is 0 Å². The van der Waals surface area contributed by atoms with Gasteiger partial charge in [-0.15, -0.1) is 0 Å². The summed E-state index contributed by atoms with van der Waals surface area (Å²) < 4.78 is 0. The van der Waals surface area contributed by atoms with Crippen molar-refractivity contribution in [1.82, 2.24) is 15.7 Å². The Labute approximate surface area is 150 Å².